The molecule has 0 saturated carbocycles. The highest BCUT2D eigenvalue weighted by molar-refractivity contribution is 7.92. The third kappa shape index (κ3) is 5.17. The second-order valence-corrected chi connectivity index (χ2v) is 8.85. The van der Waals surface area contributed by atoms with Crippen LogP contribution in [0.15, 0.2) is 59.1 Å². The van der Waals surface area contributed by atoms with Crippen LogP contribution >= 0.6 is 11.6 Å². The molecule has 0 aliphatic heterocycles. The van der Waals surface area contributed by atoms with E-state index in [0.717, 1.165) is 16.1 Å². The van der Waals surface area contributed by atoms with E-state index in [4.69, 9.17) is 16.1 Å². The minimum Gasteiger partial charge on any atom is -0.345 e. The maximum Gasteiger partial charge on any atom is 0.246 e. The molecule has 1 N–H and O–H groups in total. The summed E-state index contributed by atoms with van der Waals surface area (Å²) in [5, 5.41) is 6.95. The zero-order chi connectivity index (χ0) is 21.7. The molecule has 3 rings (SSSR count). The van der Waals surface area contributed by atoms with Crippen LogP contribution < -0.4 is 9.62 Å². The average molecular weight is 449 g/mol. The fraction of sp³-hybridized carbons (Fsp3) is 0.250. The first-order chi connectivity index (χ1) is 14.3. The Kier molecular flexibility index (Phi) is 6.73. The SMILES string of the molecule is CCC(C(=O)NCc1nc(-c2ccccc2)no1)N(c1cccc(Cl)c1)S(C)(=O)=O. The van der Waals surface area contributed by atoms with Gasteiger partial charge < -0.3 is 9.84 Å². The lowest BCUT2D eigenvalue weighted by molar-refractivity contribution is -0.122. The normalized spacial score (nSPS) is 12.4. The number of halogens is 1. The topological polar surface area (TPSA) is 105 Å². The molecule has 1 amide bonds. The average Bonchev–Trinajstić information content (AvgIpc) is 3.19. The summed E-state index contributed by atoms with van der Waals surface area (Å²) in [6.07, 6.45) is 1.30. The molecule has 0 radical (unpaired) electrons. The number of carbonyl (C=O) groups excluding carboxylic acids is 1. The zero-order valence-corrected chi connectivity index (χ0v) is 18.0. The van der Waals surface area contributed by atoms with E-state index in [1.54, 1.807) is 25.1 Å². The van der Waals surface area contributed by atoms with Crippen molar-refractivity contribution in [1.29, 1.82) is 0 Å². The Morgan fingerprint density at radius 1 is 1.20 bits per heavy atom. The largest absolute Gasteiger partial charge is 0.345 e. The van der Waals surface area contributed by atoms with Crippen LogP contribution in [0.3, 0.4) is 0 Å². The predicted octanol–water partition coefficient (Wildman–Crippen LogP) is 3.25. The van der Waals surface area contributed by atoms with Crippen molar-refractivity contribution >= 4 is 33.2 Å². The van der Waals surface area contributed by atoms with Gasteiger partial charge in [-0.15, -0.1) is 0 Å². The lowest BCUT2D eigenvalue weighted by atomic mass is 10.2. The van der Waals surface area contributed by atoms with Gasteiger partial charge in [0.15, 0.2) is 0 Å². The van der Waals surface area contributed by atoms with Crippen molar-refractivity contribution in [2.75, 3.05) is 10.6 Å². The van der Waals surface area contributed by atoms with E-state index in [2.05, 4.69) is 15.5 Å². The van der Waals surface area contributed by atoms with E-state index in [0.29, 0.717) is 16.5 Å². The molecule has 1 atom stereocenters. The Bertz CT molecular complexity index is 1120. The van der Waals surface area contributed by atoms with Crippen molar-refractivity contribution in [3.8, 4) is 11.4 Å². The Hall–Kier alpha value is -2.91. The molecule has 0 bridgehead atoms. The monoisotopic (exact) mass is 448 g/mol. The minimum atomic E-state index is -3.74. The van der Waals surface area contributed by atoms with Gasteiger partial charge in [0.1, 0.15) is 6.04 Å². The van der Waals surface area contributed by atoms with Crippen LogP contribution in [0.1, 0.15) is 19.2 Å². The summed E-state index contributed by atoms with van der Waals surface area (Å²) in [6, 6.07) is 14.7. The predicted molar refractivity (Wildman–Crippen MR) is 114 cm³/mol. The summed E-state index contributed by atoms with van der Waals surface area (Å²) >= 11 is 6.01. The van der Waals surface area contributed by atoms with Crippen LogP contribution in [0.5, 0.6) is 0 Å². The molecule has 0 aliphatic carbocycles. The Balaban J connectivity index is 1.76. The fourth-order valence-electron chi connectivity index (χ4n) is 2.99. The molecule has 1 heterocycles. The molecule has 3 aromatic rings. The van der Waals surface area contributed by atoms with E-state index in [9.17, 15) is 13.2 Å². The van der Waals surface area contributed by atoms with Crippen LogP contribution in [0.2, 0.25) is 5.02 Å². The first kappa shape index (κ1) is 21.8. The lowest BCUT2D eigenvalue weighted by Gasteiger charge is -2.30. The van der Waals surface area contributed by atoms with E-state index in [1.165, 1.54) is 6.07 Å². The maximum absolute atomic E-state index is 12.8. The smallest absolute Gasteiger partial charge is 0.246 e. The zero-order valence-electron chi connectivity index (χ0n) is 16.4. The summed E-state index contributed by atoms with van der Waals surface area (Å²) in [6.45, 7) is 1.70. The Morgan fingerprint density at radius 2 is 1.93 bits per heavy atom. The van der Waals surface area contributed by atoms with Crippen molar-refractivity contribution in [1.82, 2.24) is 15.5 Å². The molecule has 0 spiro atoms. The number of carbonyl (C=O) groups is 1. The number of nitrogens with one attached hydrogen (secondary N) is 1. The van der Waals surface area contributed by atoms with Gasteiger partial charge in [-0.05, 0) is 24.6 Å². The van der Waals surface area contributed by atoms with Crippen molar-refractivity contribution in [2.24, 2.45) is 0 Å². The fourth-order valence-corrected chi connectivity index (χ4v) is 4.37. The Morgan fingerprint density at radius 3 is 2.57 bits per heavy atom. The number of benzene rings is 2. The summed E-state index contributed by atoms with van der Waals surface area (Å²) in [4.78, 5) is 17.1. The Labute approximate surface area is 179 Å². The van der Waals surface area contributed by atoms with E-state index >= 15 is 0 Å². The van der Waals surface area contributed by atoms with E-state index in [1.807, 2.05) is 30.3 Å². The van der Waals surface area contributed by atoms with Crippen LogP contribution in [-0.2, 0) is 21.4 Å². The molecule has 1 aromatic heterocycles. The molecule has 30 heavy (non-hydrogen) atoms. The molecular formula is C20H21ClN4O4S. The van der Waals surface area contributed by atoms with Gasteiger partial charge in [-0.25, -0.2) is 8.42 Å². The number of rotatable bonds is 8. The first-order valence-electron chi connectivity index (χ1n) is 9.20. The third-order valence-corrected chi connectivity index (χ3v) is 5.72. The van der Waals surface area contributed by atoms with Gasteiger partial charge in [0.25, 0.3) is 0 Å². The van der Waals surface area contributed by atoms with Crippen LogP contribution in [-0.4, -0.2) is 36.8 Å². The number of nitrogens with zero attached hydrogens (tertiary/aromatic N) is 3. The maximum atomic E-state index is 12.8. The number of hydrogen-bond donors (Lipinski definition) is 1. The van der Waals surface area contributed by atoms with Gasteiger partial charge >= 0.3 is 0 Å². The molecule has 0 fully saturated rings. The molecule has 0 saturated heterocycles. The molecule has 1 unspecified atom stereocenters. The van der Waals surface area contributed by atoms with Crippen molar-refractivity contribution in [3.05, 3.63) is 65.5 Å². The molecule has 10 heteroatoms. The quantitative estimate of drug-likeness (QED) is 0.567. The summed E-state index contributed by atoms with van der Waals surface area (Å²) < 4.78 is 31.1. The lowest BCUT2D eigenvalue weighted by Crippen LogP contribution is -2.49. The van der Waals surface area contributed by atoms with Gasteiger partial charge in [-0.1, -0.05) is 60.1 Å². The first-order valence-corrected chi connectivity index (χ1v) is 11.4. The molecule has 158 valence electrons. The van der Waals surface area contributed by atoms with E-state index < -0.39 is 22.0 Å². The number of anilines is 1. The van der Waals surface area contributed by atoms with Gasteiger partial charge in [0, 0.05) is 10.6 Å². The second-order valence-electron chi connectivity index (χ2n) is 6.56. The number of amides is 1. The second kappa shape index (κ2) is 9.27. The standard InChI is InChI=1S/C20H21ClN4O4S/c1-3-17(25(30(2,27)28)16-11-7-10-15(21)12-16)20(26)22-13-18-23-19(24-29-18)14-8-5-4-6-9-14/h4-12,17H,3,13H2,1-2H3,(H,22,26). The third-order valence-electron chi connectivity index (χ3n) is 4.31. The summed E-state index contributed by atoms with van der Waals surface area (Å²) in [5.74, 6) is 0.136. The molecular weight excluding hydrogens is 428 g/mol. The highest BCUT2D eigenvalue weighted by Crippen LogP contribution is 2.25. The number of aromatic nitrogens is 2. The van der Waals surface area contributed by atoms with Crippen molar-refractivity contribution in [2.45, 2.75) is 25.9 Å². The molecule has 8 nitrogen and oxygen atoms in total. The van der Waals surface area contributed by atoms with Gasteiger partial charge in [0.2, 0.25) is 27.6 Å². The minimum absolute atomic E-state index is 0.0255. The van der Waals surface area contributed by atoms with Gasteiger partial charge in [0.05, 0.1) is 18.5 Å². The van der Waals surface area contributed by atoms with Crippen LogP contribution in [0, 0.1) is 0 Å². The highest BCUT2D eigenvalue weighted by atomic mass is 35.5. The van der Waals surface area contributed by atoms with Crippen molar-refractivity contribution < 1.29 is 17.7 Å². The number of hydrogen-bond acceptors (Lipinski definition) is 6. The molecule has 0 aliphatic rings. The van der Waals surface area contributed by atoms with E-state index in [-0.39, 0.29) is 18.9 Å². The number of sulfonamides is 1. The van der Waals surface area contributed by atoms with Crippen LogP contribution in [0.4, 0.5) is 5.69 Å². The van der Waals surface area contributed by atoms with Crippen LogP contribution in [0.25, 0.3) is 11.4 Å². The van der Waals surface area contributed by atoms with Crippen molar-refractivity contribution in [3.63, 3.8) is 0 Å². The van der Waals surface area contributed by atoms with Gasteiger partial charge in [-0.3, -0.25) is 9.10 Å². The summed E-state index contributed by atoms with van der Waals surface area (Å²) in [7, 11) is -3.74. The van der Waals surface area contributed by atoms with Gasteiger partial charge in [-0.2, -0.15) is 4.98 Å². The molecule has 2 aromatic carbocycles. The highest BCUT2D eigenvalue weighted by Gasteiger charge is 2.31. The summed E-state index contributed by atoms with van der Waals surface area (Å²) in [5.41, 5.74) is 1.10.